The minimum absolute atomic E-state index is 0.0726. The summed E-state index contributed by atoms with van der Waals surface area (Å²) in [5.74, 6) is 0.625. The Hall–Kier alpha value is -2.30. The van der Waals surface area contributed by atoms with Crippen molar-refractivity contribution in [3.05, 3.63) is 75.2 Å². The van der Waals surface area contributed by atoms with Gasteiger partial charge in [-0.05, 0) is 61.8 Å². The number of pyridine rings is 1. The van der Waals surface area contributed by atoms with Crippen LogP contribution < -0.4 is 16.0 Å². The molecule has 5 heteroatoms. The molecule has 0 aliphatic heterocycles. The number of aromatic amines is 1. The van der Waals surface area contributed by atoms with Gasteiger partial charge in [0.05, 0.1) is 11.1 Å². The number of nitrogens with one attached hydrogen (secondary N) is 1. The average molecular weight is 383 g/mol. The first kappa shape index (κ1) is 18.1. The fraction of sp³-hybridized carbons (Fsp3) is 0.318. The molecule has 0 saturated heterocycles. The van der Waals surface area contributed by atoms with Crippen molar-refractivity contribution in [1.82, 2.24) is 4.98 Å². The van der Waals surface area contributed by atoms with Gasteiger partial charge < -0.3 is 15.5 Å². The maximum absolute atomic E-state index is 11.9. The highest BCUT2D eigenvalue weighted by Gasteiger charge is 2.34. The highest BCUT2D eigenvalue weighted by Crippen LogP contribution is 2.38. The van der Waals surface area contributed by atoms with Crippen LogP contribution in [-0.2, 0) is 5.54 Å². The molecule has 0 bridgehead atoms. The molecule has 1 aromatic heterocycles. The summed E-state index contributed by atoms with van der Waals surface area (Å²) < 4.78 is 6.19. The molecule has 1 aliphatic rings. The molecule has 1 heterocycles. The normalized spacial score (nSPS) is 22.7. The van der Waals surface area contributed by atoms with Gasteiger partial charge in [-0.2, -0.15) is 0 Å². The lowest BCUT2D eigenvalue weighted by atomic mass is 9.76. The van der Waals surface area contributed by atoms with E-state index in [0.29, 0.717) is 16.2 Å². The number of halogens is 1. The second-order valence-electron chi connectivity index (χ2n) is 7.52. The molecule has 3 N–H and O–H groups in total. The highest BCUT2D eigenvalue weighted by atomic mass is 35.5. The standard InChI is InChI=1S/C22H23ClN2O2/c1-14-3-2-4-16(11-14)22(24)8-5-17(6-9-22)27-20-12-15-7-10-25-21(26)18(15)13-19(20)23/h2-4,7,10-13,17H,5-6,8-9,24H2,1H3,(H,25,26). The van der Waals surface area contributed by atoms with Crippen LogP contribution in [0.3, 0.4) is 0 Å². The van der Waals surface area contributed by atoms with Crippen LogP contribution in [0.15, 0.2) is 53.5 Å². The van der Waals surface area contributed by atoms with Gasteiger partial charge in [-0.25, -0.2) is 0 Å². The first-order valence-electron chi connectivity index (χ1n) is 9.28. The van der Waals surface area contributed by atoms with E-state index < -0.39 is 0 Å². The number of aromatic nitrogens is 1. The lowest BCUT2D eigenvalue weighted by Gasteiger charge is -2.38. The van der Waals surface area contributed by atoms with Gasteiger partial charge in [0.1, 0.15) is 5.75 Å². The van der Waals surface area contributed by atoms with Crippen molar-refractivity contribution in [1.29, 1.82) is 0 Å². The van der Waals surface area contributed by atoms with Crippen molar-refractivity contribution in [3.63, 3.8) is 0 Å². The lowest BCUT2D eigenvalue weighted by molar-refractivity contribution is 0.118. The average Bonchev–Trinajstić information content (AvgIpc) is 2.65. The topological polar surface area (TPSA) is 68.1 Å². The minimum Gasteiger partial charge on any atom is -0.489 e. The summed E-state index contributed by atoms with van der Waals surface area (Å²) in [7, 11) is 0. The molecule has 27 heavy (non-hydrogen) atoms. The molecule has 1 fully saturated rings. The first-order chi connectivity index (χ1) is 12.9. The maximum Gasteiger partial charge on any atom is 0.255 e. The summed E-state index contributed by atoms with van der Waals surface area (Å²) in [6.07, 6.45) is 5.18. The van der Waals surface area contributed by atoms with E-state index in [9.17, 15) is 4.79 Å². The SMILES string of the molecule is Cc1cccc(C2(N)CCC(Oc3cc4cc[nH]c(=O)c4cc3Cl)CC2)c1. The van der Waals surface area contributed by atoms with Gasteiger partial charge in [0.15, 0.2) is 0 Å². The molecule has 4 rings (SSSR count). The van der Waals surface area contributed by atoms with Crippen LogP contribution in [0.25, 0.3) is 10.8 Å². The van der Waals surface area contributed by atoms with E-state index in [1.807, 2.05) is 12.1 Å². The molecular weight excluding hydrogens is 360 g/mol. The van der Waals surface area contributed by atoms with Crippen molar-refractivity contribution in [2.75, 3.05) is 0 Å². The van der Waals surface area contributed by atoms with Crippen LogP contribution in [0, 0.1) is 6.92 Å². The summed E-state index contributed by atoms with van der Waals surface area (Å²) >= 11 is 6.36. The quantitative estimate of drug-likeness (QED) is 0.691. The zero-order valence-corrected chi connectivity index (χ0v) is 16.1. The number of fused-ring (bicyclic) bond motifs is 1. The second-order valence-corrected chi connectivity index (χ2v) is 7.93. The highest BCUT2D eigenvalue weighted by molar-refractivity contribution is 6.32. The fourth-order valence-corrected chi connectivity index (χ4v) is 4.13. The third-order valence-electron chi connectivity index (χ3n) is 5.54. The van der Waals surface area contributed by atoms with E-state index in [-0.39, 0.29) is 17.2 Å². The number of H-pyrrole nitrogens is 1. The number of aryl methyl sites for hydroxylation is 1. The monoisotopic (exact) mass is 382 g/mol. The smallest absolute Gasteiger partial charge is 0.255 e. The van der Waals surface area contributed by atoms with Crippen LogP contribution in [-0.4, -0.2) is 11.1 Å². The summed E-state index contributed by atoms with van der Waals surface area (Å²) in [6.45, 7) is 2.09. The Morgan fingerprint density at radius 3 is 2.70 bits per heavy atom. The van der Waals surface area contributed by atoms with Crippen molar-refractivity contribution in [3.8, 4) is 5.75 Å². The number of nitrogens with two attached hydrogens (primary N) is 1. The van der Waals surface area contributed by atoms with Crippen LogP contribution in [0.5, 0.6) is 5.75 Å². The number of hydrogen-bond acceptors (Lipinski definition) is 3. The van der Waals surface area contributed by atoms with Crippen molar-refractivity contribution in [2.24, 2.45) is 5.73 Å². The van der Waals surface area contributed by atoms with Gasteiger partial charge in [-0.15, -0.1) is 0 Å². The van der Waals surface area contributed by atoms with E-state index in [1.165, 1.54) is 11.1 Å². The van der Waals surface area contributed by atoms with E-state index in [2.05, 4.69) is 36.2 Å². The Kier molecular flexibility index (Phi) is 4.70. The molecule has 1 aliphatic carbocycles. The predicted octanol–water partition coefficient (Wildman–Crippen LogP) is 4.67. The zero-order chi connectivity index (χ0) is 19.0. The molecule has 0 amide bonds. The maximum atomic E-state index is 11.9. The summed E-state index contributed by atoms with van der Waals surface area (Å²) in [5.41, 5.74) is 8.69. The number of ether oxygens (including phenoxy) is 1. The van der Waals surface area contributed by atoms with Crippen molar-refractivity contribution in [2.45, 2.75) is 44.2 Å². The molecule has 0 spiro atoms. The van der Waals surface area contributed by atoms with Crippen LogP contribution in [0.2, 0.25) is 5.02 Å². The number of benzene rings is 2. The molecule has 4 nitrogen and oxygen atoms in total. The Morgan fingerprint density at radius 1 is 1.19 bits per heavy atom. The Labute approximate surface area is 163 Å². The minimum atomic E-state index is -0.299. The van der Waals surface area contributed by atoms with Crippen molar-refractivity contribution < 1.29 is 4.74 Å². The molecule has 0 atom stereocenters. The Balaban J connectivity index is 1.50. The zero-order valence-electron chi connectivity index (χ0n) is 15.3. The summed E-state index contributed by atoms with van der Waals surface area (Å²) in [5, 5.41) is 1.85. The van der Waals surface area contributed by atoms with Gasteiger partial charge in [-0.3, -0.25) is 4.79 Å². The summed E-state index contributed by atoms with van der Waals surface area (Å²) in [6, 6.07) is 13.8. The van der Waals surface area contributed by atoms with Gasteiger partial charge in [-0.1, -0.05) is 41.4 Å². The van der Waals surface area contributed by atoms with Crippen LogP contribution in [0.4, 0.5) is 0 Å². The molecule has 2 aromatic carbocycles. The molecule has 0 unspecified atom stereocenters. The van der Waals surface area contributed by atoms with E-state index in [1.54, 1.807) is 12.3 Å². The van der Waals surface area contributed by atoms with Crippen LogP contribution >= 0.6 is 11.6 Å². The number of hydrogen-bond donors (Lipinski definition) is 2. The molecule has 140 valence electrons. The van der Waals surface area contributed by atoms with Crippen molar-refractivity contribution >= 4 is 22.4 Å². The molecular formula is C22H23ClN2O2. The van der Waals surface area contributed by atoms with E-state index >= 15 is 0 Å². The van der Waals surface area contributed by atoms with Gasteiger partial charge in [0.2, 0.25) is 0 Å². The third-order valence-corrected chi connectivity index (χ3v) is 5.83. The predicted molar refractivity (Wildman–Crippen MR) is 110 cm³/mol. The molecule has 1 saturated carbocycles. The fourth-order valence-electron chi connectivity index (χ4n) is 3.93. The third kappa shape index (κ3) is 3.60. The first-order valence-corrected chi connectivity index (χ1v) is 9.66. The second kappa shape index (κ2) is 7.02. The van der Waals surface area contributed by atoms with Gasteiger partial charge >= 0.3 is 0 Å². The van der Waals surface area contributed by atoms with E-state index in [4.69, 9.17) is 22.1 Å². The summed E-state index contributed by atoms with van der Waals surface area (Å²) in [4.78, 5) is 14.6. The largest absolute Gasteiger partial charge is 0.489 e. The Morgan fingerprint density at radius 2 is 1.96 bits per heavy atom. The number of rotatable bonds is 3. The van der Waals surface area contributed by atoms with Gasteiger partial charge in [0.25, 0.3) is 5.56 Å². The molecule has 0 radical (unpaired) electrons. The van der Waals surface area contributed by atoms with E-state index in [0.717, 1.165) is 31.1 Å². The van der Waals surface area contributed by atoms with Crippen LogP contribution in [0.1, 0.15) is 36.8 Å². The lowest BCUT2D eigenvalue weighted by Crippen LogP contribution is -2.42. The Bertz CT molecular complexity index is 1040. The molecule has 3 aromatic rings. The van der Waals surface area contributed by atoms with Gasteiger partial charge in [0, 0.05) is 17.1 Å².